The van der Waals surface area contributed by atoms with Crippen molar-refractivity contribution >= 4 is 0 Å². The molecule has 0 aliphatic rings. The molecular formula is C11H14N4. The Morgan fingerprint density at radius 1 is 1.40 bits per heavy atom. The molecule has 0 saturated carbocycles. The number of H-pyrrole nitrogens is 1. The third-order valence-electron chi connectivity index (χ3n) is 2.14. The van der Waals surface area contributed by atoms with E-state index in [2.05, 4.69) is 27.2 Å². The lowest BCUT2D eigenvalue weighted by Crippen LogP contribution is -2.12. The fraction of sp³-hybridized carbons (Fsp3) is 0.273. The standard InChI is InChI=1S/C11H14N4/c1-2-12-8-11-14-7-10(15-11)9-4-3-5-13-6-9/h3-7,12H,2,8H2,1H3,(H,14,15). The van der Waals surface area contributed by atoms with Crippen LogP contribution in [0.4, 0.5) is 0 Å². The second-order valence-corrected chi connectivity index (χ2v) is 3.27. The van der Waals surface area contributed by atoms with Crippen LogP contribution in [0.15, 0.2) is 30.7 Å². The maximum Gasteiger partial charge on any atom is 0.120 e. The van der Waals surface area contributed by atoms with Crippen LogP contribution in [0.5, 0.6) is 0 Å². The molecule has 2 aromatic heterocycles. The first-order valence-electron chi connectivity index (χ1n) is 5.05. The molecule has 4 nitrogen and oxygen atoms in total. The molecule has 0 spiro atoms. The summed E-state index contributed by atoms with van der Waals surface area (Å²) < 4.78 is 0. The third-order valence-corrected chi connectivity index (χ3v) is 2.14. The average Bonchev–Trinajstić information content (AvgIpc) is 2.76. The van der Waals surface area contributed by atoms with E-state index in [0.717, 1.165) is 30.2 Å². The van der Waals surface area contributed by atoms with E-state index in [1.807, 2.05) is 24.5 Å². The third kappa shape index (κ3) is 2.41. The van der Waals surface area contributed by atoms with Gasteiger partial charge in [0.25, 0.3) is 0 Å². The van der Waals surface area contributed by atoms with Gasteiger partial charge in [-0.15, -0.1) is 0 Å². The van der Waals surface area contributed by atoms with Crippen molar-refractivity contribution in [3.8, 4) is 11.3 Å². The maximum atomic E-state index is 4.28. The van der Waals surface area contributed by atoms with Gasteiger partial charge in [-0.1, -0.05) is 6.92 Å². The Balaban J connectivity index is 2.14. The van der Waals surface area contributed by atoms with Gasteiger partial charge in [-0.2, -0.15) is 0 Å². The smallest absolute Gasteiger partial charge is 0.120 e. The number of pyridine rings is 1. The molecule has 0 aromatic carbocycles. The van der Waals surface area contributed by atoms with E-state index in [4.69, 9.17) is 0 Å². The van der Waals surface area contributed by atoms with E-state index in [1.165, 1.54) is 0 Å². The van der Waals surface area contributed by atoms with Crippen molar-refractivity contribution in [3.05, 3.63) is 36.5 Å². The molecule has 0 unspecified atom stereocenters. The Hall–Kier alpha value is -1.68. The van der Waals surface area contributed by atoms with Crippen molar-refractivity contribution in [2.75, 3.05) is 6.54 Å². The van der Waals surface area contributed by atoms with Crippen LogP contribution in [0.1, 0.15) is 12.7 Å². The summed E-state index contributed by atoms with van der Waals surface area (Å²) in [7, 11) is 0. The normalized spacial score (nSPS) is 10.5. The van der Waals surface area contributed by atoms with Gasteiger partial charge in [0, 0.05) is 18.0 Å². The molecule has 0 radical (unpaired) electrons. The summed E-state index contributed by atoms with van der Waals surface area (Å²) in [6, 6.07) is 3.93. The molecule has 2 aromatic rings. The van der Waals surface area contributed by atoms with Gasteiger partial charge in [-0.25, -0.2) is 4.98 Å². The predicted molar refractivity (Wildman–Crippen MR) is 59.2 cm³/mol. The Bertz CT molecular complexity index is 408. The van der Waals surface area contributed by atoms with Crippen LogP contribution in [0.3, 0.4) is 0 Å². The topological polar surface area (TPSA) is 53.6 Å². The largest absolute Gasteiger partial charge is 0.341 e. The van der Waals surface area contributed by atoms with Crippen molar-refractivity contribution < 1.29 is 0 Å². The van der Waals surface area contributed by atoms with Gasteiger partial charge in [0.2, 0.25) is 0 Å². The number of aromatic amines is 1. The molecule has 0 fully saturated rings. The molecule has 0 bridgehead atoms. The van der Waals surface area contributed by atoms with E-state index in [0.29, 0.717) is 0 Å². The minimum atomic E-state index is 0.775. The first kappa shape index (κ1) is 9.86. The highest BCUT2D eigenvalue weighted by Gasteiger charge is 2.01. The van der Waals surface area contributed by atoms with Gasteiger partial charge in [0.05, 0.1) is 18.4 Å². The van der Waals surface area contributed by atoms with Crippen molar-refractivity contribution in [2.24, 2.45) is 0 Å². The molecule has 78 valence electrons. The van der Waals surface area contributed by atoms with Gasteiger partial charge in [0.1, 0.15) is 5.82 Å². The predicted octanol–water partition coefficient (Wildman–Crippen LogP) is 1.58. The molecule has 15 heavy (non-hydrogen) atoms. The fourth-order valence-corrected chi connectivity index (χ4v) is 1.36. The average molecular weight is 202 g/mol. The molecule has 2 N–H and O–H groups in total. The van der Waals surface area contributed by atoms with Crippen LogP contribution in [-0.4, -0.2) is 21.5 Å². The van der Waals surface area contributed by atoms with Gasteiger partial charge in [0.15, 0.2) is 0 Å². The summed E-state index contributed by atoms with van der Waals surface area (Å²) in [5.74, 6) is 0.954. The number of hydrogen-bond donors (Lipinski definition) is 2. The molecule has 0 aliphatic heterocycles. The Kier molecular flexibility index (Phi) is 3.09. The van der Waals surface area contributed by atoms with Gasteiger partial charge >= 0.3 is 0 Å². The minimum absolute atomic E-state index is 0.775. The minimum Gasteiger partial charge on any atom is -0.341 e. The van der Waals surface area contributed by atoms with Crippen LogP contribution < -0.4 is 5.32 Å². The first-order valence-corrected chi connectivity index (χ1v) is 5.05. The van der Waals surface area contributed by atoms with Crippen LogP contribution in [0, 0.1) is 0 Å². The highest BCUT2D eigenvalue weighted by Crippen LogP contribution is 2.14. The lowest BCUT2D eigenvalue weighted by Gasteiger charge is -1.97. The zero-order valence-corrected chi connectivity index (χ0v) is 8.70. The number of imidazole rings is 1. The number of nitrogens with zero attached hydrogens (tertiary/aromatic N) is 2. The number of rotatable bonds is 4. The molecule has 2 rings (SSSR count). The maximum absolute atomic E-state index is 4.28. The van der Waals surface area contributed by atoms with Crippen LogP contribution >= 0.6 is 0 Å². The second kappa shape index (κ2) is 4.70. The van der Waals surface area contributed by atoms with Crippen molar-refractivity contribution in [2.45, 2.75) is 13.5 Å². The molecular weight excluding hydrogens is 188 g/mol. The molecule has 4 heteroatoms. The summed E-state index contributed by atoms with van der Waals surface area (Å²) in [5.41, 5.74) is 2.07. The molecule has 2 heterocycles. The summed E-state index contributed by atoms with van der Waals surface area (Å²) in [5, 5.41) is 3.22. The molecule has 0 aliphatic carbocycles. The number of hydrogen-bond acceptors (Lipinski definition) is 3. The lowest BCUT2D eigenvalue weighted by molar-refractivity contribution is 0.698. The summed E-state index contributed by atoms with van der Waals surface area (Å²) in [6.07, 6.45) is 5.42. The number of aromatic nitrogens is 3. The van der Waals surface area contributed by atoms with E-state index in [9.17, 15) is 0 Å². The van der Waals surface area contributed by atoms with E-state index in [-0.39, 0.29) is 0 Å². The van der Waals surface area contributed by atoms with Crippen LogP contribution in [0.25, 0.3) is 11.3 Å². The molecule has 0 saturated heterocycles. The van der Waals surface area contributed by atoms with E-state index >= 15 is 0 Å². The molecule has 0 atom stereocenters. The monoisotopic (exact) mass is 202 g/mol. The highest BCUT2D eigenvalue weighted by molar-refractivity contribution is 5.56. The van der Waals surface area contributed by atoms with E-state index < -0.39 is 0 Å². The fourth-order valence-electron chi connectivity index (χ4n) is 1.36. The quantitative estimate of drug-likeness (QED) is 0.791. The molecule has 0 amide bonds. The number of nitrogens with one attached hydrogen (secondary N) is 2. The van der Waals surface area contributed by atoms with Gasteiger partial charge in [-0.05, 0) is 18.7 Å². The summed E-state index contributed by atoms with van der Waals surface area (Å²) in [6.45, 7) is 3.80. The zero-order chi connectivity index (χ0) is 10.5. The van der Waals surface area contributed by atoms with Crippen molar-refractivity contribution in [1.29, 1.82) is 0 Å². The van der Waals surface area contributed by atoms with E-state index in [1.54, 1.807) is 6.20 Å². The Morgan fingerprint density at radius 3 is 3.07 bits per heavy atom. The van der Waals surface area contributed by atoms with Crippen molar-refractivity contribution in [1.82, 2.24) is 20.3 Å². The highest BCUT2D eigenvalue weighted by atomic mass is 15.0. The SMILES string of the molecule is CCNCc1ncc(-c2cccnc2)[nH]1. The second-order valence-electron chi connectivity index (χ2n) is 3.27. The van der Waals surface area contributed by atoms with Crippen LogP contribution in [0.2, 0.25) is 0 Å². The van der Waals surface area contributed by atoms with Crippen molar-refractivity contribution in [3.63, 3.8) is 0 Å². The Labute approximate surface area is 88.8 Å². The summed E-state index contributed by atoms with van der Waals surface area (Å²) in [4.78, 5) is 11.6. The van der Waals surface area contributed by atoms with Crippen LogP contribution in [-0.2, 0) is 6.54 Å². The van der Waals surface area contributed by atoms with Gasteiger partial charge in [-0.3, -0.25) is 4.98 Å². The lowest BCUT2D eigenvalue weighted by atomic mass is 10.2. The zero-order valence-electron chi connectivity index (χ0n) is 8.70. The first-order chi connectivity index (χ1) is 7.40. The summed E-state index contributed by atoms with van der Waals surface area (Å²) >= 11 is 0. The Morgan fingerprint density at radius 2 is 2.33 bits per heavy atom. The van der Waals surface area contributed by atoms with Gasteiger partial charge < -0.3 is 10.3 Å².